The van der Waals surface area contributed by atoms with Crippen molar-refractivity contribution >= 4 is 34.3 Å². The first-order valence-electron chi connectivity index (χ1n) is 12.6. The molecule has 0 heterocycles. The first-order chi connectivity index (χ1) is 16.2. The molecule has 0 bridgehead atoms. The van der Waals surface area contributed by atoms with Gasteiger partial charge in [0, 0.05) is 11.6 Å². The lowest BCUT2D eigenvalue weighted by Gasteiger charge is -2.30. The number of carboxylic acids is 1. The lowest BCUT2D eigenvalue weighted by Crippen LogP contribution is -2.44. The third-order valence-electron chi connectivity index (χ3n) is 6.52. The van der Waals surface area contributed by atoms with Crippen molar-refractivity contribution in [2.24, 2.45) is 11.7 Å². The van der Waals surface area contributed by atoms with Gasteiger partial charge in [-0.2, -0.15) is 0 Å². The van der Waals surface area contributed by atoms with E-state index in [1.54, 1.807) is 0 Å². The molecule has 0 aromatic heterocycles. The minimum atomic E-state index is -3.60. The molecule has 1 saturated carbocycles. The zero-order valence-electron chi connectivity index (χ0n) is 20.7. The Kier molecular flexibility index (Phi) is 14.5. The van der Waals surface area contributed by atoms with Crippen LogP contribution in [0.4, 0.5) is 0 Å². The van der Waals surface area contributed by atoms with Gasteiger partial charge in [0.25, 0.3) is 5.91 Å². The highest BCUT2D eigenvalue weighted by Gasteiger charge is 2.30. The van der Waals surface area contributed by atoms with Crippen LogP contribution in [-0.4, -0.2) is 49.8 Å². The van der Waals surface area contributed by atoms with E-state index in [-0.39, 0.29) is 42.4 Å². The Morgan fingerprint density at radius 1 is 1.06 bits per heavy atom. The van der Waals surface area contributed by atoms with Crippen molar-refractivity contribution in [3.63, 3.8) is 0 Å². The first kappa shape index (κ1) is 31.4. The molecule has 1 unspecified atom stereocenters. The van der Waals surface area contributed by atoms with E-state index >= 15 is 0 Å². The summed E-state index contributed by atoms with van der Waals surface area (Å²) in [5.41, 5.74) is 7.38. The summed E-state index contributed by atoms with van der Waals surface area (Å²) in [4.78, 5) is 24.2. The Balaban J connectivity index is 0.00000612. The lowest BCUT2D eigenvalue weighted by atomic mass is 9.82. The Hall–Kier alpha value is -1.68. The first-order valence-corrected chi connectivity index (χ1v) is 14.2. The van der Waals surface area contributed by atoms with E-state index in [0.29, 0.717) is 12.0 Å². The Labute approximate surface area is 216 Å². The van der Waals surface area contributed by atoms with Crippen LogP contribution in [-0.2, 0) is 21.2 Å². The molecule has 1 aromatic rings. The zero-order chi connectivity index (χ0) is 25.0. The van der Waals surface area contributed by atoms with Crippen molar-refractivity contribution in [2.75, 3.05) is 12.3 Å². The molecule has 0 aliphatic heterocycles. The Morgan fingerprint density at radius 3 is 2.29 bits per heavy atom. The summed E-state index contributed by atoms with van der Waals surface area (Å²) < 4.78 is 26.6. The van der Waals surface area contributed by atoms with Crippen molar-refractivity contribution < 1.29 is 23.1 Å². The van der Waals surface area contributed by atoms with Crippen molar-refractivity contribution in [1.29, 1.82) is 0 Å². The molecule has 1 aliphatic carbocycles. The number of unbranched alkanes of at least 4 members (excludes halogenated alkanes) is 3. The summed E-state index contributed by atoms with van der Waals surface area (Å²) in [6, 6.07) is 6.67. The number of halogens is 1. The minimum Gasteiger partial charge on any atom is -0.480 e. The molecule has 1 atom stereocenters. The van der Waals surface area contributed by atoms with E-state index in [1.165, 1.54) is 5.56 Å². The summed E-state index contributed by atoms with van der Waals surface area (Å²) in [5, 5.41) is 12.6. The second-order valence-electron chi connectivity index (χ2n) is 9.40. The molecular formula is C25H42ClN3O5S. The van der Waals surface area contributed by atoms with Crippen LogP contribution >= 0.6 is 12.4 Å². The number of rotatable bonds is 15. The SMILES string of the molecule is CCCCS(=O)(=O)NC(CC1CCC(NC(=O)c2ccc(CCCCCN)cc2)CC1)C(=O)O.Cl. The lowest BCUT2D eigenvalue weighted by molar-refractivity contribution is -0.139. The number of hydrogen-bond acceptors (Lipinski definition) is 5. The van der Waals surface area contributed by atoms with E-state index < -0.39 is 22.0 Å². The molecule has 200 valence electrons. The molecule has 1 aliphatic rings. The van der Waals surface area contributed by atoms with Crippen LogP contribution in [0.1, 0.15) is 87.1 Å². The second kappa shape index (κ2) is 16.1. The van der Waals surface area contributed by atoms with Gasteiger partial charge in [0.1, 0.15) is 6.04 Å². The van der Waals surface area contributed by atoms with Crippen molar-refractivity contribution in [3.05, 3.63) is 35.4 Å². The summed E-state index contributed by atoms with van der Waals surface area (Å²) in [6.45, 7) is 2.61. The number of amides is 1. The number of carbonyl (C=O) groups excluding carboxylic acids is 1. The average Bonchev–Trinajstić information content (AvgIpc) is 2.81. The average molecular weight is 532 g/mol. The maximum absolute atomic E-state index is 12.6. The van der Waals surface area contributed by atoms with Crippen LogP contribution in [0.15, 0.2) is 24.3 Å². The normalized spacial score (nSPS) is 18.9. The topological polar surface area (TPSA) is 139 Å². The van der Waals surface area contributed by atoms with Gasteiger partial charge in [0.2, 0.25) is 10.0 Å². The minimum absolute atomic E-state index is 0. The maximum atomic E-state index is 12.6. The fourth-order valence-electron chi connectivity index (χ4n) is 4.43. The van der Waals surface area contributed by atoms with Gasteiger partial charge >= 0.3 is 5.97 Å². The zero-order valence-corrected chi connectivity index (χ0v) is 22.3. The molecule has 2 rings (SSSR count). The molecule has 0 saturated heterocycles. The van der Waals surface area contributed by atoms with Crippen LogP contribution in [0.5, 0.6) is 0 Å². The number of sulfonamides is 1. The highest BCUT2D eigenvalue weighted by molar-refractivity contribution is 7.89. The maximum Gasteiger partial charge on any atom is 0.321 e. The molecule has 5 N–H and O–H groups in total. The van der Waals surface area contributed by atoms with Gasteiger partial charge in [0.15, 0.2) is 0 Å². The van der Waals surface area contributed by atoms with Crippen LogP contribution in [0, 0.1) is 5.92 Å². The smallest absolute Gasteiger partial charge is 0.321 e. The summed E-state index contributed by atoms with van der Waals surface area (Å²) >= 11 is 0. The fraction of sp³-hybridized carbons (Fsp3) is 0.680. The van der Waals surface area contributed by atoms with Gasteiger partial charge in [-0.25, -0.2) is 13.1 Å². The van der Waals surface area contributed by atoms with E-state index in [0.717, 1.165) is 64.3 Å². The third-order valence-corrected chi connectivity index (χ3v) is 7.99. The summed E-state index contributed by atoms with van der Waals surface area (Å²) in [5.74, 6) is -1.17. The number of benzene rings is 1. The van der Waals surface area contributed by atoms with E-state index in [1.807, 2.05) is 31.2 Å². The molecular weight excluding hydrogens is 490 g/mol. The van der Waals surface area contributed by atoms with E-state index in [9.17, 15) is 23.1 Å². The van der Waals surface area contributed by atoms with Crippen molar-refractivity contribution in [2.45, 2.75) is 89.6 Å². The number of carbonyl (C=O) groups is 2. The third kappa shape index (κ3) is 11.7. The van der Waals surface area contributed by atoms with Gasteiger partial charge in [-0.1, -0.05) is 31.9 Å². The Morgan fingerprint density at radius 2 is 1.71 bits per heavy atom. The van der Waals surface area contributed by atoms with Crippen LogP contribution in [0.25, 0.3) is 0 Å². The van der Waals surface area contributed by atoms with Crippen LogP contribution in [0.2, 0.25) is 0 Å². The highest BCUT2D eigenvalue weighted by Crippen LogP contribution is 2.28. The number of aryl methyl sites for hydroxylation is 1. The number of nitrogens with one attached hydrogen (secondary N) is 2. The summed E-state index contributed by atoms with van der Waals surface area (Å²) in [7, 11) is -3.60. The largest absolute Gasteiger partial charge is 0.480 e. The number of nitrogens with two attached hydrogens (primary N) is 1. The molecule has 0 radical (unpaired) electrons. The second-order valence-corrected chi connectivity index (χ2v) is 11.3. The number of carboxylic acid groups (broad SMARTS) is 1. The van der Waals surface area contributed by atoms with Crippen LogP contribution < -0.4 is 15.8 Å². The summed E-state index contributed by atoms with van der Waals surface area (Å²) in [6.07, 6.45) is 8.75. The predicted octanol–water partition coefficient (Wildman–Crippen LogP) is 3.63. The Bertz CT molecular complexity index is 872. The predicted molar refractivity (Wildman–Crippen MR) is 141 cm³/mol. The van der Waals surface area contributed by atoms with Gasteiger partial charge in [-0.3, -0.25) is 9.59 Å². The molecule has 10 heteroatoms. The molecule has 1 amide bonds. The molecule has 8 nitrogen and oxygen atoms in total. The molecule has 1 fully saturated rings. The standard InChI is InChI=1S/C25H41N3O5S.ClH/c1-2-3-17-34(32,33)28-23(25(30)31)18-20-10-14-22(15-11-20)27-24(29)21-12-8-19(9-13-21)7-5-4-6-16-26;/h8-9,12-13,20,22-23,28H,2-7,10-11,14-18,26H2,1H3,(H,27,29)(H,30,31);1H. The van der Waals surface area contributed by atoms with E-state index in [2.05, 4.69) is 10.0 Å². The quantitative estimate of drug-likeness (QED) is 0.255. The molecule has 35 heavy (non-hydrogen) atoms. The van der Waals surface area contributed by atoms with Gasteiger partial charge in [-0.15, -0.1) is 12.4 Å². The number of hydrogen-bond donors (Lipinski definition) is 4. The van der Waals surface area contributed by atoms with Gasteiger partial charge < -0.3 is 16.2 Å². The highest BCUT2D eigenvalue weighted by atomic mass is 35.5. The van der Waals surface area contributed by atoms with Gasteiger partial charge in [0.05, 0.1) is 5.75 Å². The fourth-order valence-corrected chi connectivity index (χ4v) is 5.84. The number of aliphatic carboxylic acids is 1. The molecule has 1 aromatic carbocycles. The van der Waals surface area contributed by atoms with Crippen molar-refractivity contribution in [1.82, 2.24) is 10.0 Å². The van der Waals surface area contributed by atoms with E-state index in [4.69, 9.17) is 5.73 Å². The van der Waals surface area contributed by atoms with Gasteiger partial charge in [-0.05, 0) is 87.9 Å². The van der Waals surface area contributed by atoms with Crippen molar-refractivity contribution in [3.8, 4) is 0 Å². The monoisotopic (exact) mass is 531 g/mol. The molecule has 0 spiro atoms. The van der Waals surface area contributed by atoms with Crippen LogP contribution in [0.3, 0.4) is 0 Å².